The topological polar surface area (TPSA) is 70.7 Å². The zero-order valence-corrected chi connectivity index (χ0v) is 10.6. The molecule has 19 heavy (non-hydrogen) atoms. The Morgan fingerprint density at radius 2 is 2.11 bits per heavy atom. The number of thiophene rings is 1. The van der Waals surface area contributed by atoms with Crippen molar-refractivity contribution < 1.29 is 4.79 Å². The maximum Gasteiger partial charge on any atom is 0.292 e. The molecule has 0 radical (unpaired) electrons. The van der Waals surface area contributed by atoms with E-state index < -0.39 is 0 Å². The fourth-order valence-electron chi connectivity index (χ4n) is 1.74. The molecule has 3 rings (SSSR count). The van der Waals surface area contributed by atoms with Gasteiger partial charge in [-0.3, -0.25) is 9.89 Å². The van der Waals surface area contributed by atoms with E-state index in [0.717, 1.165) is 16.1 Å². The summed E-state index contributed by atoms with van der Waals surface area (Å²) >= 11 is 1.63. The molecular formula is C13H10N4OS. The van der Waals surface area contributed by atoms with E-state index in [0.29, 0.717) is 0 Å². The zero-order valence-electron chi connectivity index (χ0n) is 9.83. The van der Waals surface area contributed by atoms with Crippen molar-refractivity contribution in [3.63, 3.8) is 0 Å². The molecule has 1 amide bonds. The Morgan fingerprint density at radius 3 is 2.84 bits per heavy atom. The van der Waals surface area contributed by atoms with Crippen molar-refractivity contribution in [1.29, 1.82) is 0 Å². The van der Waals surface area contributed by atoms with Crippen LogP contribution in [0.1, 0.15) is 10.6 Å². The molecule has 0 fully saturated rings. The first-order valence-electron chi connectivity index (χ1n) is 5.64. The smallest absolute Gasteiger partial charge is 0.292 e. The summed E-state index contributed by atoms with van der Waals surface area (Å²) in [6.07, 6.45) is 1.31. The van der Waals surface area contributed by atoms with Gasteiger partial charge in [0, 0.05) is 16.1 Å². The van der Waals surface area contributed by atoms with Crippen LogP contribution in [0.3, 0.4) is 0 Å². The number of carbonyl (C=O) groups excluding carboxylic acids is 1. The molecule has 2 heterocycles. The summed E-state index contributed by atoms with van der Waals surface area (Å²) in [5.41, 5.74) is 1.75. The van der Waals surface area contributed by atoms with Gasteiger partial charge >= 0.3 is 0 Å². The van der Waals surface area contributed by atoms with Crippen LogP contribution >= 0.6 is 11.3 Å². The Bertz CT molecular complexity index is 677. The van der Waals surface area contributed by atoms with Gasteiger partial charge in [-0.2, -0.15) is 5.10 Å². The van der Waals surface area contributed by atoms with Gasteiger partial charge in [-0.05, 0) is 17.5 Å². The lowest BCUT2D eigenvalue weighted by Gasteiger charge is -2.08. The summed E-state index contributed by atoms with van der Waals surface area (Å²) in [5, 5.41) is 11.0. The Labute approximate surface area is 113 Å². The molecule has 6 heteroatoms. The summed E-state index contributed by atoms with van der Waals surface area (Å²) in [5.74, 6) is -0.109. The first-order valence-corrected chi connectivity index (χ1v) is 6.52. The number of aromatic amines is 1. The molecule has 0 bridgehead atoms. The number of para-hydroxylation sites is 1. The normalized spacial score (nSPS) is 10.3. The average Bonchev–Trinajstić information content (AvgIpc) is 3.13. The van der Waals surface area contributed by atoms with Crippen LogP contribution in [-0.2, 0) is 0 Å². The fraction of sp³-hybridized carbons (Fsp3) is 0. The van der Waals surface area contributed by atoms with Crippen molar-refractivity contribution in [2.24, 2.45) is 0 Å². The minimum absolute atomic E-state index is 0.195. The number of aromatic nitrogens is 3. The highest BCUT2D eigenvalue weighted by molar-refractivity contribution is 7.13. The van der Waals surface area contributed by atoms with E-state index in [4.69, 9.17) is 0 Å². The number of nitrogens with one attached hydrogen (secondary N) is 2. The minimum atomic E-state index is -0.304. The molecule has 0 saturated carbocycles. The lowest BCUT2D eigenvalue weighted by Crippen LogP contribution is -2.14. The Morgan fingerprint density at radius 1 is 1.21 bits per heavy atom. The molecule has 1 aromatic carbocycles. The van der Waals surface area contributed by atoms with E-state index in [-0.39, 0.29) is 11.7 Å². The van der Waals surface area contributed by atoms with Crippen LogP contribution in [0.25, 0.3) is 10.4 Å². The predicted octanol–water partition coefficient (Wildman–Crippen LogP) is 2.79. The number of amides is 1. The van der Waals surface area contributed by atoms with E-state index >= 15 is 0 Å². The van der Waals surface area contributed by atoms with E-state index in [1.807, 2.05) is 41.8 Å². The SMILES string of the molecule is O=C(Nc1ccccc1-c1cccs1)c1ncn[nH]1. The van der Waals surface area contributed by atoms with Gasteiger partial charge in [0.2, 0.25) is 5.82 Å². The third-order valence-electron chi connectivity index (χ3n) is 2.59. The van der Waals surface area contributed by atoms with Crippen molar-refractivity contribution in [3.8, 4) is 10.4 Å². The summed E-state index contributed by atoms with van der Waals surface area (Å²) in [4.78, 5) is 16.9. The number of rotatable bonds is 3. The molecule has 0 aliphatic heterocycles. The van der Waals surface area contributed by atoms with Gasteiger partial charge in [-0.15, -0.1) is 11.3 Å². The second kappa shape index (κ2) is 5.03. The standard InChI is InChI=1S/C13H10N4OS/c18-13(12-14-8-15-17-12)16-10-5-2-1-4-9(10)11-6-3-7-19-11/h1-8H,(H,16,18)(H,14,15,17). The van der Waals surface area contributed by atoms with Gasteiger partial charge in [0.05, 0.1) is 0 Å². The summed E-state index contributed by atoms with van der Waals surface area (Å²) in [6, 6.07) is 11.7. The van der Waals surface area contributed by atoms with Crippen LogP contribution < -0.4 is 5.32 Å². The highest BCUT2D eigenvalue weighted by Crippen LogP contribution is 2.31. The van der Waals surface area contributed by atoms with Gasteiger partial charge < -0.3 is 5.32 Å². The lowest BCUT2D eigenvalue weighted by molar-refractivity contribution is 0.101. The second-order valence-corrected chi connectivity index (χ2v) is 4.76. The van der Waals surface area contributed by atoms with Crippen molar-refractivity contribution in [3.05, 3.63) is 53.9 Å². The molecule has 0 atom stereocenters. The number of hydrogen-bond acceptors (Lipinski definition) is 4. The molecule has 2 N–H and O–H groups in total. The Balaban J connectivity index is 1.92. The number of hydrogen-bond donors (Lipinski definition) is 2. The average molecular weight is 270 g/mol. The summed E-state index contributed by atoms with van der Waals surface area (Å²) < 4.78 is 0. The van der Waals surface area contributed by atoms with Gasteiger partial charge in [-0.1, -0.05) is 24.3 Å². The molecule has 0 aliphatic carbocycles. The summed E-state index contributed by atoms with van der Waals surface area (Å²) in [7, 11) is 0. The molecular weight excluding hydrogens is 260 g/mol. The van der Waals surface area contributed by atoms with E-state index in [2.05, 4.69) is 20.5 Å². The molecule has 0 spiro atoms. The highest BCUT2D eigenvalue weighted by Gasteiger charge is 2.12. The molecule has 0 saturated heterocycles. The van der Waals surface area contributed by atoms with Crippen molar-refractivity contribution in [2.75, 3.05) is 5.32 Å². The second-order valence-electron chi connectivity index (χ2n) is 3.81. The first kappa shape index (κ1) is 11.6. The van der Waals surface area contributed by atoms with E-state index in [1.165, 1.54) is 6.33 Å². The van der Waals surface area contributed by atoms with Crippen LogP contribution in [0.2, 0.25) is 0 Å². The van der Waals surface area contributed by atoms with Crippen LogP contribution in [0.4, 0.5) is 5.69 Å². The van der Waals surface area contributed by atoms with Crippen LogP contribution in [0.5, 0.6) is 0 Å². The Kier molecular flexibility index (Phi) is 3.07. The number of nitrogens with zero attached hydrogens (tertiary/aromatic N) is 2. The number of carbonyl (C=O) groups is 1. The fourth-order valence-corrected chi connectivity index (χ4v) is 2.50. The van der Waals surface area contributed by atoms with Gasteiger partial charge in [-0.25, -0.2) is 4.98 Å². The zero-order chi connectivity index (χ0) is 13.1. The van der Waals surface area contributed by atoms with Crippen molar-refractivity contribution in [2.45, 2.75) is 0 Å². The van der Waals surface area contributed by atoms with Crippen LogP contribution in [0, 0.1) is 0 Å². The third-order valence-corrected chi connectivity index (χ3v) is 3.50. The predicted molar refractivity (Wildman–Crippen MR) is 74.1 cm³/mol. The lowest BCUT2D eigenvalue weighted by atomic mass is 10.1. The molecule has 0 unspecified atom stereocenters. The van der Waals surface area contributed by atoms with E-state index in [9.17, 15) is 4.79 Å². The van der Waals surface area contributed by atoms with Crippen molar-refractivity contribution >= 4 is 22.9 Å². The summed E-state index contributed by atoms with van der Waals surface area (Å²) in [6.45, 7) is 0. The largest absolute Gasteiger partial charge is 0.319 e. The maximum atomic E-state index is 12.0. The van der Waals surface area contributed by atoms with E-state index in [1.54, 1.807) is 11.3 Å². The van der Waals surface area contributed by atoms with Gasteiger partial charge in [0.25, 0.3) is 5.91 Å². The van der Waals surface area contributed by atoms with Gasteiger partial charge in [0.1, 0.15) is 6.33 Å². The number of anilines is 1. The van der Waals surface area contributed by atoms with Crippen LogP contribution in [0.15, 0.2) is 48.1 Å². The first-order chi connectivity index (χ1) is 9.34. The monoisotopic (exact) mass is 270 g/mol. The molecule has 0 aliphatic rings. The minimum Gasteiger partial charge on any atom is -0.319 e. The quantitative estimate of drug-likeness (QED) is 0.768. The number of H-pyrrole nitrogens is 1. The highest BCUT2D eigenvalue weighted by atomic mass is 32.1. The van der Waals surface area contributed by atoms with Gasteiger partial charge in [0.15, 0.2) is 0 Å². The van der Waals surface area contributed by atoms with Crippen molar-refractivity contribution in [1.82, 2.24) is 15.2 Å². The third kappa shape index (κ3) is 2.38. The molecule has 3 aromatic rings. The van der Waals surface area contributed by atoms with Crippen LogP contribution in [-0.4, -0.2) is 21.1 Å². The molecule has 94 valence electrons. The molecule has 5 nitrogen and oxygen atoms in total. The molecule has 2 aromatic heterocycles. The maximum absolute atomic E-state index is 12.0. The number of benzene rings is 1. The Hall–Kier alpha value is -2.47.